The van der Waals surface area contributed by atoms with Gasteiger partial charge < -0.3 is 40.3 Å². The molecule has 180 valence electrons. The molecule has 0 aliphatic carbocycles. The minimum Gasteiger partial charge on any atom is -0.387 e. The van der Waals surface area contributed by atoms with E-state index in [1.807, 2.05) is 0 Å². The van der Waals surface area contributed by atoms with Gasteiger partial charge in [0.2, 0.25) is 5.95 Å². The second-order valence-electron chi connectivity index (χ2n) is 6.21. The number of nitrogen functional groups attached to an aromatic ring is 1. The number of aliphatic hydroxyl groups is 2. The molecule has 2 aromatic heterocycles. The molecule has 18 nitrogen and oxygen atoms in total. The third-order valence-electron chi connectivity index (χ3n) is 3.88. The maximum Gasteiger partial charge on any atom is 0.488 e. The van der Waals surface area contributed by atoms with Crippen molar-refractivity contribution in [1.29, 1.82) is 0 Å². The van der Waals surface area contributed by atoms with Crippen molar-refractivity contribution in [2.75, 3.05) is 11.5 Å². The molecule has 0 bridgehead atoms. The van der Waals surface area contributed by atoms with Crippen LogP contribution < -0.4 is 11.3 Å². The molecule has 1 aliphatic rings. The first-order valence-electron chi connectivity index (χ1n) is 8.11. The fraction of sp³-hybridized carbons (Fsp3) is 0.500. The van der Waals surface area contributed by atoms with E-state index in [4.69, 9.17) is 20.3 Å². The molecule has 0 saturated carbocycles. The van der Waals surface area contributed by atoms with Crippen molar-refractivity contribution in [1.82, 2.24) is 19.5 Å². The number of nitrogens with two attached hydrogens (primary N) is 1. The van der Waals surface area contributed by atoms with Gasteiger partial charge in [-0.25, -0.2) is 18.7 Å². The first-order valence-corrected chi connectivity index (χ1v) is 14.3. The van der Waals surface area contributed by atoms with Crippen LogP contribution in [0.4, 0.5) is 5.95 Å². The lowest BCUT2D eigenvalue weighted by molar-refractivity contribution is -0.0288. The summed E-state index contributed by atoms with van der Waals surface area (Å²) in [7, 11) is -11.1. The molecule has 3 rings (SSSR count). The molecular formula is C10H16N5O13P3S. The number of ether oxygens (including phenoxy) is 1. The molecule has 3 heterocycles. The highest BCUT2D eigenvalue weighted by Crippen LogP contribution is 2.70. The number of aliphatic hydroxyl groups excluding tert-OH is 2. The van der Waals surface area contributed by atoms with E-state index in [1.165, 1.54) is 0 Å². The largest absolute Gasteiger partial charge is 0.488 e. The van der Waals surface area contributed by atoms with Crippen molar-refractivity contribution in [2.24, 2.45) is 0 Å². The Morgan fingerprint density at radius 1 is 1.19 bits per heavy atom. The summed E-state index contributed by atoms with van der Waals surface area (Å²) in [6, 6.07) is 0. The fourth-order valence-electron chi connectivity index (χ4n) is 2.70. The summed E-state index contributed by atoms with van der Waals surface area (Å²) in [6.45, 7) is -5.06. The number of phosphoric acid groups is 2. The molecule has 0 amide bonds. The lowest BCUT2D eigenvalue weighted by atomic mass is 10.1. The van der Waals surface area contributed by atoms with Crippen molar-refractivity contribution < 1.29 is 56.8 Å². The van der Waals surface area contributed by atoms with E-state index in [1.54, 1.807) is 0 Å². The molecule has 2 unspecified atom stereocenters. The summed E-state index contributed by atoms with van der Waals surface area (Å²) < 4.78 is 47.9. The Morgan fingerprint density at radius 2 is 1.84 bits per heavy atom. The zero-order valence-corrected chi connectivity index (χ0v) is 18.8. The van der Waals surface area contributed by atoms with Gasteiger partial charge >= 0.3 is 22.4 Å². The van der Waals surface area contributed by atoms with Gasteiger partial charge in [-0.3, -0.25) is 14.3 Å². The number of nitrogens with zero attached hydrogens (tertiary/aromatic N) is 3. The summed E-state index contributed by atoms with van der Waals surface area (Å²) in [6.07, 6.45) is -4.88. The average molecular weight is 539 g/mol. The van der Waals surface area contributed by atoms with Gasteiger partial charge in [0.05, 0.1) is 12.4 Å². The fourth-order valence-corrected chi connectivity index (χ4v) is 8.19. The van der Waals surface area contributed by atoms with Gasteiger partial charge in [0.25, 0.3) is 5.56 Å². The molecule has 0 aromatic carbocycles. The minimum absolute atomic E-state index is 0.0455. The highest BCUT2D eigenvalue weighted by molar-refractivity contribution is 8.55. The Morgan fingerprint density at radius 3 is 2.47 bits per heavy atom. The third kappa shape index (κ3) is 5.84. The Kier molecular flexibility index (Phi) is 7.07. The number of nitrogens with one attached hydrogen (secondary N) is 1. The molecule has 22 heteroatoms. The zero-order valence-electron chi connectivity index (χ0n) is 15.3. The van der Waals surface area contributed by atoms with Crippen LogP contribution in [0.25, 0.3) is 11.2 Å². The van der Waals surface area contributed by atoms with Crippen LogP contribution in [0.3, 0.4) is 0 Å². The van der Waals surface area contributed by atoms with E-state index in [2.05, 4.69) is 23.6 Å². The SMILES string of the molecule is Nc1nc2c(ncn2[C@@H]2O[C@H](CSP(=O)(O)OP(=O)(O)OP(=O)(O)O)[C@@H](O)[C@H]2O)c(=O)[nH]1. The van der Waals surface area contributed by atoms with Crippen LogP contribution in [0.15, 0.2) is 11.1 Å². The summed E-state index contributed by atoms with van der Waals surface area (Å²) in [5.41, 5.74) is 4.60. The maximum absolute atomic E-state index is 12.0. The normalized spacial score (nSPS) is 27.9. The molecular weight excluding hydrogens is 523 g/mol. The van der Waals surface area contributed by atoms with E-state index in [9.17, 15) is 38.5 Å². The number of aromatic nitrogens is 4. The zero-order chi connectivity index (χ0) is 24.1. The number of fused-ring (bicyclic) bond motifs is 1. The third-order valence-corrected chi connectivity index (χ3v) is 10.0. The molecule has 1 fully saturated rings. The van der Waals surface area contributed by atoms with Crippen LogP contribution in [0.2, 0.25) is 0 Å². The summed E-state index contributed by atoms with van der Waals surface area (Å²) >= 11 is -0.0455. The van der Waals surface area contributed by atoms with Crippen LogP contribution in [0, 0.1) is 0 Å². The topological polar surface area (TPSA) is 290 Å². The van der Waals surface area contributed by atoms with Gasteiger partial charge in [-0.05, 0) is 11.4 Å². The lowest BCUT2D eigenvalue weighted by Gasteiger charge is -2.18. The minimum atomic E-state index is -5.63. The van der Waals surface area contributed by atoms with Crippen LogP contribution in [0.1, 0.15) is 6.23 Å². The number of H-pyrrole nitrogens is 1. The van der Waals surface area contributed by atoms with E-state index >= 15 is 0 Å². The molecule has 6 atom stereocenters. The standard InChI is InChI=1S/C10H16N5O13P3S/c11-10-13-7-4(8(18)14-10)12-2-15(7)9-6(17)5(16)3(26-9)1-32-31(24,25)28-30(22,23)27-29(19,20)21/h2-3,5-6,9,16-17H,1H2,(H,22,23)(H,24,25)(H2,19,20,21)(H3,11,13,14,18)/t3-,5-,6-,9-/m1/s1. The van der Waals surface area contributed by atoms with Crippen molar-refractivity contribution in [3.63, 3.8) is 0 Å². The first kappa shape index (κ1) is 25.5. The van der Waals surface area contributed by atoms with Gasteiger partial charge in [0, 0.05) is 5.75 Å². The van der Waals surface area contributed by atoms with Crippen LogP contribution in [0.5, 0.6) is 0 Å². The van der Waals surface area contributed by atoms with Gasteiger partial charge in [-0.2, -0.15) is 13.6 Å². The van der Waals surface area contributed by atoms with Gasteiger partial charge in [0.1, 0.15) is 12.2 Å². The number of rotatable bonds is 8. The van der Waals surface area contributed by atoms with Crippen molar-refractivity contribution in [2.45, 2.75) is 24.5 Å². The number of hydrogen-bond donors (Lipinski definition) is 8. The van der Waals surface area contributed by atoms with Crippen molar-refractivity contribution in [3.8, 4) is 0 Å². The van der Waals surface area contributed by atoms with Gasteiger partial charge in [-0.15, -0.1) is 0 Å². The monoisotopic (exact) mass is 539 g/mol. The van der Waals surface area contributed by atoms with Crippen LogP contribution in [-0.4, -0.2) is 73.4 Å². The number of aromatic amines is 1. The molecule has 9 N–H and O–H groups in total. The predicted octanol–water partition coefficient (Wildman–Crippen LogP) is -1.62. The van der Waals surface area contributed by atoms with E-state index < -0.39 is 58.3 Å². The summed E-state index contributed by atoms with van der Waals surface area (Å²) in [4.78, 5) is 57.7. The molecule has 1 saturated heterocycles. The average Bonchev–Trinajstić information content (AvgIpc) is 3.12. The molecule has 0 radical (unpaired) electrons. The Labute approximate surface area is 180 Å². The molecule has 32 heavy (non-hydrogen) atoms. The molecule has 0 spiro atoms. The van der Waals surface area contributed by atoms with E-state index in [0.717, 1.165) is 10.9 Å². The summed E-state index contributed by atoms with van der Waals surface area (Å²) in [5.74, 6) is -0.852. The predicted molar refractivity (Wildman–Crippen MR) is 105 cm³/mol. The highest BCUT2D eigenvalue weighted by Gasteiger charge is 2.46. The van der Waals surface area contributed by atoms with Crippen molar-refractivity contribution in [3.05, 3.63) is 16.7 Å². The number of imidazole rings is 1. The quantitative estimate of drug-likeness (QED) is 0.175. The Bertz CT molecular complexity index is 1210. The second-order valence-corrected chi connectivity index (χ2v) is 13.1. The second kappa shape index (κ2) is 8.88. The van der Waals surface area contributed by atoms with Crippen molar-refractivity contribution >= 4 is 50.9 Å². The van der Waals surface area contributed by atoms with Gasteiger partial charge in [0.15, 0.2) is 17.4 Å². The van der Waals surface area contributed by atoms with Crippen LogP contribution >= 0.6 is 33.8 Å². The van der Waals surface area contributed by atoms with E-state index in [0.29, 0.717) is 0 Å². The van der Waals surface area contributed by atoms with E-state index in [-0.39, 0.29) is 28.5 Å². The molecule has 2 aromatic rings. The molecule has 1 aliphatic heterocycles. The smallest absolute Gasteiger partial charge is 0.387 e. The number of hydrogen-bond acceptors (Lipinski definition) is 13. The lowest BCUT2D eigenvalue weighted by Crippen LogP contribution is -2.32. The van der Waals surface area contributed by atoms with Gasteiger partial charge in [-0.1, -0.05) is 0 Å². The first-order chi connectivity index (χ1) is 14.6. The Hall–Kier alpha value is -1.17. The number of anilines is 1. The highest BCUT2D eigenvalue weighted by atomic mass is 32.7. The maximum atomic E-state index is 12.0. The van der Waals surface area contributed by atoms with Crippen LogP contribution in [-0.2, 0) is 27.1 Å². The Balaban J connectivity index is 1.72. The summed E-state index contributed by atoms with van der Waals surface area (Å²) in [5, 5.41) is 20.5.